The highest BCUT2D eigenvalue weighted by molar-refractivity contribution is 5.68. The normalized spacial score (nSPS) is 32.2. The van der Waals surface area contributed by atoms with Gasteiger partial charge < -0.3 is 15.0 Å². The van der Waals surface area contributed by atoms with E-state index in [1.165, 1.54) is 6.42 Å². The second-order valence-electron chi connectivity index (χ2n) is 6.50. The van der Waals surface area contributed by atoms with Crippen LogP contribution in [0.25, 0.3) is 0 Å². The molecule has 3 nitrogen and oxygen atoms in total. The second-order valence-corrected chi connectivity index (χ2v) is 6.50. The number of hydrogen-bond donors (Lipinski definition) is 1. The van der Waals surface area contributed by atoms with Crippen LogP contribution in [0.15, 0.2) is 0 Å². The molecule has 0 bridgehead atoms. The van der Waals surface area contributed by atoms with E-state index in [0.29, 0.717) is 24.2 Å². The van der Waals surface area contributed by atoms with Crippen molar-refractivity contribution in [3.63, 3.8) is 0 Å². The number of aliphatic carboxylic acids is 1. The maximum Gasteiger partial charge on any atom is 0.0518 e. The Morgan fingerprint density at radius 3 is 2.33 bits per heavy atom. The summed E-state index contributed by atoms with van der Waals surface area (Å²) in [4.78, 5) is 11.4. The SMILES string of the molecule is CC(O)CC(C(=O)[O-])C1CC(C)CCC1C(C)C. The number of carbonyl (C=O) groups excluding carboxylic acids is 1. The molecule has 0 aromatic carbocycles. The van der Waals surface area contributed by atoms with Gasteiger partial charge in [0.15, 0.2) is 0 Å². The van der Waals surface area contributed by atoms with Gasteiger partial charge in [0.1, 0.15) is 0 Å². The highest BCUT2D eigenvalue weighted by atomic mass is 16.4. The molecule has 1 saturated carbocycles. The number of aliphatic hydroxyl groups excluding tert-OH is 1. The molecule has 0 aromatic rings. The summed E-state index contributed by atoms with van der Waals surface area (Å²) in [5, 5.41) is 20.9. The molecule has 1 rings (SSSR count). The first-order valence-electron chi connectivity index (χ1n) is 7.21. The molecule has 0 aliphatic heterocycles. The van der Waals surface area contributed by atoms with E-state index in [0.717, 1.165) is 12.8 Å². The molecule has 5 unspecified atom stereocenters. The third-order valence-electron chi connectivity index (χ3n) is 4.49. The van der Waals surface area contributed by atoms with E-state index in [1.54, 1.807) is 6.92 Å². The minimum Gasteiger partial charge on any atom is -0.550 e. The van der Waals surface area contributed by atoms with E-state index in [4.69, 9.17) is 0 Å². The first kappa shape index (κ1) is 15.5. The van der Waals surface area contributed by atoms with Gasteiger partial charge in [-0.25, -0.2) is 0 Å². The van der Waals surface area contributed by atoms with Gasteiger partial charge in [0.25, 0.3) is 0 Å². The van der Waals surface area contributed by atoms with Crippen molar-refractivity contribution in [2.75, 3.05) is 0 Å². The number of carboxylic acids is 1. The van der Waals surface area contributed by atoms with Gasteiger partial charge in [-0.1, -0.05) is 27.2 Å². The summed E-state index contributed by atoms with van der Waals surface area (Å²) in [6.45, 7) is 8.19. The summed E-state index contributed by atoms with van der Waals surface area (Å²) < 4.78 is 0. The van der Waals surface area contributed by atoms with Crippen LogP contribution in [-0.4, -0.2) is 17.2 Å². The molecule has 0 radical (unpaired) electrons. The Labute approximate surface area is 111 Å². The molecular formula is C15H27O3-. The van der Waals surface area contributed by atoms with E-state index >= 15 is 0 Å². The van der Waals surface area contributed by atoms with Crippen LogP contribution in [0.4, 0.5) is 0 Å². The minimum atomic E-state index is -0.986. The lowest BCUT2D eigenvalue weighted by atomic mass is 9.64. The summed E-state index contributed by atoms with van der Waals surface area (Å²) in [5.41, 5.74) is 0. The van der Waals surface area contributed by atoms with Gasteiger partial charge >= 0.3 is 0 Å². The summed E-state index contributed by atoms with van der Waals surface area (Å²) in [6.07, 6.45) is 3.00. The fraction of sp³-hybridized carbons (Fsp3) is 0.933. The monoisotopic (exact) mass is 255 g/mol. The number of hydrogen-bond acceptors (Lipinski definition) is 3. The Balaban J connectivity index is 2.86. The fourth-order valence-electron chi connectivity index (χ4n) is 3.55. The predicted molar refractivity (Wildman–Crippen MR) is 69.6 cm³/mol. The molecule has 1 aliphatic carbocycles. The largest absolute Gasteiger partial charge is 0.550 e. The smallest absolute Gasteiger partial charge is 0.0518 e. The van der Waals surface area contributed by atoms with Crippen LogP contribution in [0.1, 0.15) is 53.4 Å². The maximum atomic E-state index is 11.4. The third-order valence-corrected chi connectivity index (χ3v) is 4.49. The Kier molecular flexibility index (Phi) is 5.64. The molecule has 1 N–H and O–H groups in total. The van der Waals surface area contributed by atoms with Crippen LogP contribution in [-0.2, 0) is 4.79 Å². The zero-order valence-electron chi connectivity index (χ0n) is 12.1. The average Bonchev–Trinajstić information content (AvgIpc) is 2.24. The van der Waals surface area contributed by atoms with Gasteiger partial charge in [-0.05, 0) is 49.9 Å². The van der Waals surface area contributed by atoms with Crippen LogP contribution in [0.5, 0.6) is 0 Å². The lowest BCUT2D eigenvalue weighted by Crippen LogP contribution is -2.43. The molecule has 5 atom stereocenters. The Hall–Kier alpha value is -0.570. The van der Waals surface area contributed by atoms with Crippen LogP contribution in [0.3, 0.4) is 0 Å². The first-order valence-corrected chi connectivity index (χ1v) is 7.21. The van der Waals surface area contributed by atoms with E-state index < -0.39 is 18.0 Å². The molecule has 0 aromatic heterocycles. The zero-order chi connectivity index (χ0) is 13.9. The van der Waals surface area contributed by atoms with Crippen molar-refractivity contribution in [2.45, 2.75) is 59.5 Å². The van der Waals surface area contributed by atoms with Gasteiger partial charge in [0.05, 0.1) is 6.10 Å². The molecule has 1 fully saturated rings. The zero-order valence-corrected chi connectivity index (χ0v) is 12.1. The quantitative estimate of drug-likeness (QED) is 0.815. The highest BCUT2D eigenvalue weighted by Gasteiger charge is 2.36. The van der Waals surface area contributed by atoms with Gasteiger partial charge in [-0.15, -0.1) is 0 Å². The Bertz CT molecular complexity index is 273. The molecule has 0 heterocycles. The van der Waals surface area contributed by atoms with Crippen LogP contribution >= 0.6 is 0 Å². The summed E-state index contributed by atoms with van der Waals surface area (Å²) >= 11 is 0. The number of carboxylic acid groups (broad SMARTS) is 1. The van der Waals surface area contributed by atoms with Crippen LogP contribution < -0.4 is 5.11 Å². The molecule has 0 spiro atoms. The second kappa shape index (κ2) is 6.55. The summed E-state index contributed by atoms with van der Waals surface area (Å²) in [6, 6.07) is 0. The molecule has 0 saturated heterocycles. The third kappa shape index (κ3) is 3.98. The number of carbonyl (C=O) groups is 1. The molecule has 106 valence electrons. The molecule has 1 aliphatic rings. The van der Waals surface area contributed by atoms with E-state index in [1.807, 2.05) is 0 Å². The van der Waals surface area contributed by atoms with E-state index in [2.05, 4.69) is 20.8 Å². The van der Waals surface area contributed by atoms with E-state index in [-0.39, 0.29) is 5.92 Å². The Morgan fingerprint density at radius 1 is 1.28 bits per heavy atom. The van der Waals surface area contributed by atoms with E-state index in [9.17, 15) is 15.0 Å². The number of rotatable bonds is 5. The fourth-order valence-corrected chi connectivity index (χ4v) is 3.55. The average molecular weight is 255 g/mol. The lowest BCUT2D eigenvalue weighted by Gasteiger charge is -2.42. The summed E-state index contributed by atoms with van der Waals surface area (Å²) in [5.74, 6) is 0.205. The lowest BCUT2D eigenvalue weighted by molar-refractivity contribution is -0.315. The Morgan fingerprint density at radius 2 is 1.89 bits per heavy atom. The topological polar surface area (TPSA) is 60.4 Å². The molecule has 3 heteroatoms. The minimum absolute atomic E-state index is 0.161. The van der Waals surface area contributed by atoms with Crippen molar-refractivity contribution in [1.29, 1.82) is 0 Å². The molecule has 0 amide bonds. The maximum absolute atomic E-state index is 11.4. The summed E-state index contributed by atoms with van der Waals surface area (Å²) in [7, 11) is 0. The van der Waals surface area contributed by atoms with Gasteiger partial charge in [-0.2, -0.15) is 0 Å². The van der Waals surface area contributed by atoms with Crippen molar-refractivity contribution in [2.24, 2.45) is 29.6 Å². The van der Waals surface area contributed by atoms with Crippen LogP contribution in [0, 0.1) is 29.6 Å². The molecule has 18 heavy (non-hydrogen) atoms. The van der Waals surface area contributed by atoms with Gasteiger partial charge in [-0.3, -0.25) is 0 Å². The molecular weight excluding hydrogens is 228 g/mol. The van der Waals surface area contributed by atoms with Crippen molar-refractivity contribution in [3.8, 4) is 0 Å². The van der Waals surface area contributed by atoms with Crippen molar-refractivity contribution < 1.29 is 15.0 Å². The first-order chi connectivity index (χ1) is 8.32. The van der Waals surface area contributed by atoms with Gasteiger partial charge in [0, 0.05) is 11.9 Å². The van der Waals surface area contributed by atoms with Gasteiger partial charge in [0.2, 0.25) is 0 Å². The highest BCUT2D eigenvalue weighted by Crippen LogP contribution is 2.42. The van der Waals surface area contributed by atoms with Crippen LogP contribution in [0.2, 0.25) is 0 Å². The van der Waals surface area contributed by atoms with Crippen molar-refractivity contribution in [3.05, 3.63) is 0 Å². The standard InChI is InChI=1S/C15H28O3/c1-9(2)12-6-5-10(3)7-13(12)14(15(17)18)8-11(4)16/h9-14,16H,5-8H2,1-4H3,(H,17,18)/p-1. The van der Waals surface area contributed by atoms with Crippen molar-refractivity contribution >= 4 is 5.97 Å². The van der Waals surface area contributed by atoms with Crippen molar-refractivity contribution in [1.82, 2.24) is 0 Å². The number of aliphatic hydroxyl groups is 1. The predicted octanol–water partition coefficient (Wildman–Crippen LogP) is 1.83.